The van der Waals surface area contributed by atoms with Gasteiger partial charge in [0.15, 0.2) is 0 Å². The molecular weight excluding hydrogens is 180 g/mol. The Labute approximate surface area is 95.1 Å². The van der Waals surface area contributed by atoms with Gasteiger partial charge in [0.25, 0.3) is 0 Å². The summed E-state index contributed by atoms with van der Waals surface area (Å²) >= 11 is 0. The maximum absolute atomic E-state index is 3.60. The van der Waals surface area contributed by atoms with Gasteiger partial charge in [0.2, 0.25) is 0 Å². The minimum atomic E-state index is 1.20. The Morgan fingerprint density at radius 3 is 2.13 bits per heavy atom. The number of unbranched alkanes of at least 4 members (excludes halogenated alkanes) is 4. The van der Waals surface area contributed by atoms with Gasteiger partial charge in [0.1, 0.15) is 0 Å². The molecule has 0 aliphatic heterocycles. The van der Waals surface area contributed by atoms with Gasteiger partial charge in [-0.1, -0.05) is 74.8 Å². The molecule has 0 nitrogen and oxygen atoms in total. The molecule has 0 rings (SSSR count). The molecule has 0 aliphatic carbocycles. The third-order valence-electron chi connectivity index (χ3n) is 2.05. The number of hydrogen-bond donors (Lipinski definition) is 0. The fourth-order valence-electron chi connectivity index (χ4n) is 1.20. The smallest absolute Gasteiger partial charge is 0.0313 e. The van der Waals surface area contributed by atoms with Crippen molar-refractivity contribution in [1.29, 1.82) is 0 Å². The zero-order valence-corrected chi connectivity index (χ0v) is 9.86. The lowest BCUT2D eigenvalue weighted by atomic mass is 10.1. The van der Waals surface area contributed by atoms with Crippen LogP contribution >= 0.6 is 0 Å². The fraction of sp³-hybridized carbons (Fsp3) is 0.400. The second-order valence-electron chi connectivity index (χ2n) is 3.48. The highest BCUT2D eigenvalue weighted by Crippen LogP contribution is 2.02. The monoisotopic (exact) mass is 203 g/mol. The Morgan fingerprint density at radius 1 is 0.800 bits per heavy atom. The summed E-state index contributed by atoms with van der Waals surface area (Å²) < 4.78 is 0. The van der Waals surface area contributed by atoms with Crippen molar-refractivity contribution >= 4 is 0 Å². The van der Waals surface area contributed by atoms with E-state index in [2.05, 4.69) is 32.1 Å². The van der Waals surface area contributed by atoms with Crippen molar-refractivity contribution in [1.82, 2.24) is 0 Å². The summed E-state index contributed by atoms with van der Waals surface area (Å²) in [6, 6.07) is 0. The van der Waals surface area contributed by atoms with Crippen molar-refractivity contribution in [2.45, 2.75) is 39.0 Å². The van der Waals surface area contributed by atoms with E-state index in [-0.39, 0.29) is 0 Å². The molecule has 0 saturated carbocycles. The maximum atomic E-state index is 3.60. The van der Waals surface area contributed by atoms with E-state index in [1.54, 1.807) is 6.08 Å². The normalized spacial score (nSPS) is 12.9. The summed E-state index contributed by atoms with van der Waals surface area (Å²) in [5.74, 6) is 0. The second-order valence-corrected chi connectivity index (χ2v) is 3.48. The predicted octanol–water partition coefficient (Wildman–Crippen LogP) is 5.02. The minimum absolute atomic E-state index is 1.20. The first-order chi connectivity index (χ1) is 7.41. The highest BCUT2D eigenvalue weighted by atomic mass is 13.9. The van der Waals surface area contributed by atoms with E-state index in [0.29, 0.717) is 0 Å². The molecule has 0 heteroatoms. The Morgan fingerprint density at radius 2 is 1.47 bits per heavy atom. The Bertz CT molecular complexity index is 216. The summed E-state index contributed by atoms with van der Waals surface area (Å²) in [6.45, 7) is 5.84. The minimum Gasteiger partial charge on any atom is -0.0845 e. The third kappa shape index (κ3) is 13.0. The molecule has 0 aromatic rings. The van der Waals surface area contributed by atoms with E-state index in [1.807, 2.05) is 24.3 Å². The molecule has 1 radical (unpaired) electrons. The van der Waals surface area contributed by atoms with Gasteiger partial charge in [-0.3, -0.25) is 0 Å². The molecule has 0 N–H and O–H groups in total. The molecule has 0 aromatic carbocycles. The number of rotatable bonds is 8. The van der Waals surface area contributed by atoms with Crippen molar-refractivity contribution in [3.8, 4) is 0 Å². The molecule has 15 heavy (non-hydrogen) atoms. The molecule has 0 atom stereocenters. The molecule has 0 aromatic heterocycles. The molecular formula is C15H23. The summed E-state index contributed by atoms with van der Waals surface area (Å²) in [5, 5.41) is 0. The topological polar surface area (TPSA) is 0 Å². The first-order valence-corrected chi connectivity index (χ1v) is 5.86. The molecule has 83 valence electrons. The summed E-state index contributed by atoms with van der Waals surface area (Å²) in [6.07, 6.45) is 22.7. The van der Waals surface area contributed by atoms with Crippen LogP contribution < -0.4 is 0 Å². The van der Waals surface area contributed by atoms with Gasteiger partial charge < -0.3 is 0 Å². The Hall–Kier alpha value is -1.04. The summed E-state index contributed by atoms with van der Waals surface area (Å²) in [7, 11) is 0. The van der Waals surface area contributed by atoms with Crippen LogP contribution in [0.25, 0.3) is 0 Å². The van der Waals surface area contributed by atoms with E-state index in [4.69, 9.17) is 0 Å². The number of hydrogen-bond acceptors (Lipinski definition) is 0. The van der Waals surface area contributed by atoms with Crippen LogP contribution in [0.15, 0.2) is 48.6 Å². The lowest BCUT2D eigenvalue weighted by molar-refractivity contribution is 0.674. The SMILES string of the molecule is [CH2]C=CC=CC=CC=CCCCCCC. The van der Waals surface area contributed by atoms with E-state index >= 15 is 0 Å². The van der Waals surface area contributed by atoms with Gasteiger partial charge >= 0.3 is 0 Å². The van der Waals surface area contributed by atoms with Crippen molar-refractivity contribution in [2.75, 3.05) is 0 Å². The molecule has 0 saturated heterocycles. The highest BCUT2D eigenvalue weighted by Gasteiger charge is 1.82. The molecule has 0 unspecified atom stereocenters. The zero-order valence-electron chi connectivity index (χ0n) is 9.86. The molecule has 0 aliphatic rings. The Kier molecular flexibility index (Phi) is 12.1. The fourth-order valence-corrected chi connectivity index (χ4v) is 1.20. The number of allylic oxidation sites excluding steroid dienone is 8. The second kappa shape index (κ2) is 13.0. The molecule has 0 heterocycles. The molecule has 0 fully saturated rings. The van der Waals surface area contributed by atoms with Crippen LogP contribution in [0.1, 0.15) is 39.0 Å². The first-order valence-electron chi connectivity index (χ1n) is 5.86. The van der Waals surface area contributed by atoms with E-state index in [1.165, 1.54) is 32.1 Å². The van der Waals surface area contributed by atoms with Gasteiger partial charge in [-0.05, 0) is 19.8 Å². The maximum Gasteiger partial charge on any atom is -0.0313 e. The average molecular weight is 203 g/mol. The van der Waals surface area contributed by atoms with Crippen molar-refractivity contribution < 1.29 is 0 Å². The van der Waals surface area contributed by atoms with E-state index < -0.39 is 0 Å². The van der Waals surface area contributed by atoms with E-state index in [9.17, 15) is 0 Å². The quantitative estimate of drug-likeness (QED) is 0.384. The molecule has 0 spiro atoms. The molecule has 0 bridgehead atoms. The van der Waals surface area contributed by atoms with Crippen molar-refractivity contribution in [3.05, 3.63) is 55.5 Å². The Balaban J connectivity index is 3.37. The highest BCUT2D eigenvalue weighted by molar-refractivity contribution is 5.15. The lowest BCUT2D eigenvalue weighted by Gasteiger charge is -1.92. The predicted molar refractivity (Wildman–Crippen MR) is 70.7 cm³/mol. The summed E-state index contributed by atoms with van der Waals surface area (Å²) in [5.41, 5.74) is 0. The van der Waals surface area contributed by atoms with Gasteiger partial charge in [-0.15, -0.1) is 0 Å². The van der Waals surface area contributed by atoms with Crippen LogP contribution in [0.4, 0.5) is 0 Å². The van der Waals surface area contributed by atoms with E-state index in [0.717, 1.165) is 0 Å². The van der Waals surface area contributed by atoms with Crippen LogP contribution in [0.3, 0.4) is 0 Å². The zero-order chi connectivity index (χ0) is 11.2. The van der Waals surface area contributed by atoms with Gasteiger partial charge in [0.05, 0.1) is 0 Å². The van der Waals surface area contributed by atoms with Crippen molar-refractivity contribution in [2.24, 2.45) is 0 Å². The van der Waals surface area contributed by atoms with Crippen molar-refractivity contribution in [3.63, 3.8) is 0 Å². The third-order valence-corrected chi connectivity index (χ3v) is 2.05. The summed E-state index contributed by atoms with van der Waals surface area (Å²) in [4.78, 5) is 0. The van der Waals surface area contributed by atoms with Crippen LogP contribution in [0, 0.1) is 6.92 Å². The van der Waals surface area contributed by atoms with Crippen LogP contribution in [-0.2, 0) is 0 Å². The van der Waals surface area contributed by atoms with Crippen LogP contribution in [0.5, 0.6) is 0 Å². The standard InChI is InChI=1S/C15H23/c1-3-5-7-9-11-13-15-14-12-10-8-6-4-2/h3,5,7,9,11,13-15H,1,4,6,8,10,12H2,2H3. The average Bonchev–Trinajstić information content (AvgIpc) is 2.26. The van der Waals surface area contributed by atoms with Gasteiger partial charge in [0, 0.05) is 0 Å². The largest absolute Gasteiger partial charge is 0.0845 e. The van der Waals surface area contributed by atoms with Gasteiger partial charge in [-0.25, -0.2) is 0 Å². The first kappa shape index (κ1) is 14.0. The van der Waals surface area contributed by atoms with Gasteiger partial charge in [-0.2, -0.15) is 0 Å². The van der Waals surface area contributed by atoms with Crippen LogP contribution in [0.2, 0.25) is 0 Å². The molecule has 0 amide bonds. The van der Waals surface area contributed by atoms with Crippen LogP contribution in [-0.4, -0.2) is 0 Å². The lowest BCUT2D eigenvalue weighted by Crippen LogP contribution is -1.72.